The van der Waals surface area contributed by atoms with Crippen molar-refractivity contribution in [2.45, 2.75) is 71.1 Å². The summed E-state index contributed by atoms with van der Waals surface area (Å²) in [4.78, 5) is 37.2. The molecule has 2 aliphatic rings. The van der Waals surface area contributed by atoms with E-state index in [1.54, 1.807) is 65.8 Å². The summed E-state index contributed by atoms with van der Waals surface area (Å²) in [6.07, 6.45) is -0.532. The normalized spacial score (nSPS) is 28.4. The van der Waals surface area contributed by atoms with Crippen molar-refractivity contribution < 1.29 is 33.0 Å². The molecule has 0 spiro atoms. The number of carbonyl (C=O) groups is 2. The van der Waals surface area contributed by atoms with Crippen molar-refractivity contribution in [1.82, 2.24) is 0 Å². The Morgan fingerprint density at radius 2 is 1.81 bits per heavy atom. The van der Waals surface area contributed by atoms with E-state index >= 15 is 0 Å². The summed E-state index contributed by atoms with van der Waals surface area (Å²) in [7, 11) is 0. The van der Waals surface area contributed by atoms with Crippen molar-refractivity contribution in [3.05, 3.63) is 51.9 Å². The van der Waals surface area contributed by atoms with Crippen molar-refractivity contribution in [3.8, 4) is 5.75 Å². The third-order valence-electron chi connectivity index (χ3n) is 6.16. The maximum absolute atomic E-state index is 13.0. The number of rotatable bonds is 4. The molecule has 3 heterocycles. The number of esters is 2. The van der Waals surface area contributed by atoms with E-state index in [-0.39, 0.29) is 6.10 Å². The average molecular weight is 442 g/mol. The first-order valence-electron chi connectivity index (χ1n) is 10.5. The molecule has 0 bridgehead atoms. The van der Waals surface area contributed by atoms with Gasteiger partial charge in [-0.15, -0.1) is 0 Å². The van der Waals surface area contributed by atoms with Gasteiger partial charge < -0.3 is 23.4 Å². The predicted molar refractivity (Wildman–Crippen MR) is 114 cm³/mol. The molecule has 1 aromatic carbocycles. The lowest BCUT2D eigenvalue weighted by atomic mass is 9.87. The van der Waals surface area contributed by atoms with E-state index in [4.69, 9.17) is 23.4 Å². The van der Waals surface area contributed by atoms with Gasteiger partial charge in [0.1, 0.15) is 16.9 Å². The van der Waals surface area contributed by atoms with Crippen LogP contribution in [0.5, 0.6) is 5.75 Å². The van der Waals surface area contributed by atoms with Crippen LogP contribution >= 0.6 is 0 Å². The number of epoxide rings is 1. The molecule has 0 N–H and O–H groups in total. The number of hydrogen-bond acceptors (Lipinski definition) is 8. The summed E-state index contributed by atoms with van der Waals surface area (Å²) < 4.78 is 28.6. The zero-order valence-corrected chi connectivity index (χ0v) is 18.9. The zero-order valence-electron chi connectivity index (χ0n) is 18.9. The Kier molecular flexibility index (Phi) is 5.16. The van der Waals surface area contributed by atoms with Gasteiger partial charge in [0.25, 0.3) is 0 Å². The van der Waals surface area contributed by atoms with E-state index in [9.17, 15) is 14.4 Å². The molecule has 170 valence electrons. The first-order chi connectivity index (χ1) is 15.0. The van der Waals surface area contributed by atoms with Crippen LogP contribution < -0.4 is 10.4 Å². The lowest BCUT2D eigenvalue weighted by molar-refractivity contribution is -0.190. The minimum Gasteiger partial charge on any atom is -0.483 e. The summed E-state index contributed by atoms with van der Waals surface area (Å²) >= 11 is 0. The number of fused-ring (bicyclic) bond motifs is 2. The fourth-order valence-electron chi connectivity index (χ4n) is 3.73. The van der Waals surface area contributed by atoms with Crippen molar-refractivity contribution in [2.24, 2.45) is 0 Å². The second kappa shape index (κ2) is 7.48. The van der Waals surface area contributed by atoms with E-state index in [2.05, 4.69) is 0 Å². The highest BCUT2D eigenvalue weighted by molar-refractivity contribution is 5.88. The van der Waals surface area contributed by atoms with Gasteiger partial charge in [0.05, 0.1) is 6.10 Å². The average Bonchev–Trinajstić information content (AvgIpc) is 3.35. The monoisotopic (exact) mass is 442 g/mol. The third kappa shape index (κ3) is 3.68. The Hall–Kier alpha value is -3.13. The van der Waals surface area contributed by atoms with E-state index in [0.29, 0.717) is 27.9 Å². The molecule has 32 heavy (non-hydrogen) atoms. The van der Waals surface area contributed by atoms with E-state index in [1.807, 2.05) is 0 Å². The molecule has 2 aliphatic heterocycles. The minimum absolute atomic E-state index is 0.278. The van der Waals surface area contributed by atoms with Crippen LogP contribution in [0.15, 0.2) is 45.1 Å². The maximum Gasteiger partial charge on any atom is 0.341 e. The number of benzene rings is 1. The van der Waals surface area contributed by atoms with Crippen LogP contribution in [0.1, 0.15) is 53.2 Å². The van der Waals surface area contributed by atoms with Crippen molar-refractivity contribution in [2.75, 3.05) is 0 Å². The minimum atomic E-state index is -1.06. The van der Waals surface area contributed by atoms with Gasteiger partial charge in [-0.05, 0) is 53.7 Å². The second-order valence-electron chi connectivity index (χ2n) is 8.88. The quantitative estimate of drug-likeness (QED) is 0.306. The molecule has 0 saturated carbocycles. The SMILES string of the molecule is C/C=C(/C)C(=O)OC1C(OC(=O)C2(C)OC2C)c2cc3ccc(=O)oc3cc2OC1(C)C. The highest BCUT2D eigenvalue weighted by Crippen LogP contribution is 2.47. The first-order valence-corrected chi connectivity index (χ1v) is 10.5. The van der Waals surface area contributed by atoms with E-state index in [1.165, 1.54) is 6.07 Å². The number of carbonyl (C=O) groups excluding carboxylic acids is 2. The van der Waals surface area contributed by atoms with Crippen LogP contribution in [-0.2, 0) is 23.8 Å². The lowest BCUT2D eigenvalue weighted by Gasteiger charge is -2.43. The number of ether oxygens (including phenoxy) is 4. The van der Waals surface area contributed by atoms with Crippen molar-refractivity contribution in [3.63, 3.8) is 0 Å². The van der Waals surface area contributed by atoms with Crippen LogP contribution in [0.3, 0.4) is 0 Å². The summed E-state index contributed by atoms with van der Waals surface area (Å²) in [6.45, 7) is 10.3. The van der Waals surface area contributed by atoms with Gasteiger partial charge in [0.2, 0.25) is 0 Å². The molecule has 4 rings (SSSR count). The van der Waals surface area contributed by atoms with Gasteiger partial charge >= 0.3 is 17.6 Å². The second-order valence-corrected chi connectivity index (χ2v) is 8.88. The largest absolute Gasteiger partial charge is 0.483 e. The Balaban J connectivity index is 1.82. The summed E-state index contributed by atoms with van der Waals surface area (Å²) in [5.41, 5.74) is -1.34. The highest BCUT2D eigenvalue weighted by Gasteiger charge is 2.59. The van der Waals surface area contributed by atoms with Gasteiger partial charge in [-0.25, -0.2) is 14.4 Å². The summed E-state index contributed by atoms with van der Waals surface area (Å²) in [5, 5.41) is 0.615. The molecular formula is C24H26O8. The zero-order chi connectivity index (χ0) is 23.4. The maximum atomic E-state index is 13.0. The topological polar surface area (TPSA) is 105 Å². The van der Waals surface area contributed by atoms with Crippen LogP contribution in [0.25, 0.3) is 11.0 Å². The summed E-state index contributed by atoms with van der Waals surface area (Å²) in [6, 6.07) is 6.21. The van der Waals surface area contributed by atoms with Crippen LogP contribution in [0, 0.1) is 0 Å². The van der Waals surface area contributed by atoms with Gasteiger partial charge in [0, 0.05) is 28.7 Å². The van der Waals surface area contributed by atoms with Crippen LogP contribution in [0.4, 0.5) is 0 Å². The lowest BCUT2D eigenvalue weighted by Crippen LogP contribution is -2.52. The molecule has 2 aromatic rings. The summed E-state index contributed by atoms with van der Waals surface area (Å²) in [5.74, 6) is -0.713. The molecular weight excluding hydrogens is 416 g/mol. The molecule has 4 atom stereocenters. The number of allylic oxidation sites excluding steroid dienone is 1. The molecule has 1 aromatic heterocycles. The van der Waals surface area contributed by atoms with Crippen molar-refractivity contribution in [1.29, 1.82) is 0 Å². The van der Waals surface area contributed by atoms with Gasteiger partial charge in [0.15, 0.2) is 17.8 Å². The Bertz CT molecular complexity index is 1190. The molecule has 0 aliphatic carbocycles. The Morgan fingerprint density at radius 1 is 1.12 bits per heavy atom. The standard InChI is InChI=1S/C24H26O8/c1-7-12(2)21(26)30-20-19(29-22(27)24(6)13(3)31-24)15-10-14-8-9-18(25)28-16(14)11-17(15)32-23(20,4)5/h7-11,13,19-20H,1-6H3/b12-7-. The molecule has 0 amide bonds. The fraction of sp³-hybridized carbons (Fsp3) is 0.458. The Labute approximate surface area is 185 Å². The molecule has 1 saturated heterocycles. The Morgan fingerprint density at radius 3 is 2.44 bits per heavy atom. The smallest absolute Gasteiger partial charge is 0.341 e. The molecule has 8 nitrogen and oxygen atoms in total. The van der Waals surface area contributed by atoms with Gasteiger partial charge in [-0.1, -0.05) is 6.08 Å². The van der Waals surface area contributed by atoms with Gasteiger partial charge in [-0.3, -0.25) is 0 Å². The van der Waals surface area contributed by atoms with E-state index < -0.39 is 41.0 Å². The van der Waals surface area contributed by atoms with Gasteiger partial charge in [-0.2, -0.15) is 0 Å². The first kappa shape index (κ1) is 22.1. The highest BCUT2D eigenvalue weighted by atomic mass is 16.7. The molecule has 4 unspecified atom stereocenters. The molecule has 1 fully saturated rings. The molecule has 8 heteroatoms. The van der Waals surface area contributed by atoms with Crippen molar-refractivity contribution >= 4 is 22.9 Å². The van der Waals surface area contributed by atoms with Crippen LogP contribution in [0.2, 0.25) is 0 Å². The van der Waals surface area contributed by atoms with E-state index in [0.717, 1.165) is 0 Å². The predicted octanol–water partition coefficient (Wildman–Crippen LogP) is 3.60. The molecule has 0 radical (unpaired) electrons. The fourth-order valence-corrected chi connectivity index (χ4v) is 3.73. The third-order valence-corrected chi connectivity index (χ3v) is 6.16. The van der Waals surface area contributed by atoms with Crippen LogP contribution in [-0.4, -0.2) is 35.3 Å². The number of hydrogen-bond donors (Lipinski definition) is 0.